The summed E-state index contributed by atoms with van der Waals surface area (Å²) in [6.07, 6.45) is 11.4. The Hall–Kier alpha value is -2.31. The summed E-state index contributed by atoms with van der Waals surface area (Å²) >= 11 is 0. The molecular weight excluding hydrogens is 402 g/mol. The number of aliphatic hydroxyl groups is 1. The molecule has 1 aromatic carbocycles. The molecule has 0 radical (unpaired) electrons. The van der Waals surface area contributed by atoms with Gasteiger partial charge in [0.2, 0.25) is 0 Å². The van der Waals surface area contributed by atoms with Crippen molar-refractivity contribution in [1.29, 1.82) is 0 Å². The number of ether oxygens (including phenoxy) is 1. The van der Waals surface area contributed by atoms with Crippen molar-refractivity contribution in [3.63, 3.8) is 0 Å². The van der Waals surface area contributed by atoms with E-state index < -0.39 is 11.6 Å². The van der Waals surface area contributed by atoms with Gasteiger partial charge >= 0.3 is 5.97 Å². The molecule has 0 spiro atoms. The molecule has 2 unspecified atom stereocenters. The van der Waals surface area contributed by atoms with Crippen LogP contribution in [0.5, 0.6) is 0 Å². The zero-order valence-corrected chi connectivity index (χ0v) is 19.2. The lowest BCUT2D eigenvalue weighted by Crippen LogP contribution is -2.52. The van der Waals surface area contributed by atoms with E-state index in [1.807, 2.05) is 36.4 Å². The highest BCUT2D eigenvalue weighted by Crippen LogP contribution is 2.40. The second kappa shape index (κ2) is 10.1. The van der Waals surface area contributed by atoms with E-state index in [0.717, 1.165) is 68.2 Å². The number of likely N-dealkylation sites (tertiary alicyclic amines) is 1. The van der Waals surface area contributed by atoms with Gasteiger partial charge in [-0.25, -0.2) is 14.8 Å². The normalized spacial score (nSPS) is 25.9. The first-order valence-corrected chi connectivity index (χ1v) is 12.1. The summed E-state index contributed by atoms with van der Waals surface area (Å²) < 4.78 is 6.78. The highest BCUT2D eigenvalue weighted by atomic mass is 16.6. The largest absolute Gasteiger partial charge is 0.457 e. The molecule has 32 heavy (non-hydrogen) atoms. The first-order valence-electron chi connectivity index (χ1n) is 12.1. The zero-order chi connectivity index (χ0) is 22.4. The van der Waals surface area contributed by atoms with Crippen LogP contribution in [0.2, 0.25) is 0 Å². The average Bonchev–Trinajstić information content (AvgIpc) is 3.23. The monoisotopic (exact) mass is 438 g/mol. The number of rotatable bonds is 8. The van der Waals surface area contributed by atoms with Gasteiger partial charge in [0.05, 0.1) is 20.1 Å². The smallest absolute Gasteiger partial charge is 0.343 e. The molecule has 1 N–H and O–H groups in total. The molecule has 0 amide bonds. The van der Waals surface area contributed by atoms with E-state index in [9.17, 15) is 9.90 Å². The summed E-state index contributed by atoms with van der Waals surface area (Å²) in [5.74, 6) is -0.571. The van der Waals surface area contributed by atoms with Crippen LogP contribution in [0.3, 0.4) is 0 Å². The molecule has 2 fully saturated rings. The van der Waals surface area contributed by atoms with E-state index in [2.05, 4.69) is 17.0 Å². The molecule has 2 heterocycles. The second-order valence-electron chi connectivity index (χ2n) is 9.74. The molecule has 1 aliphatic heterocycles. The number of carbonyl (C=O) groups excluding carboxylic acids is 1. The standard InChI is InChI=1S/C26H36N3O3/c1-29(18-15-23-14-16-27-20-28-23)17-8-13-24(29)19-32-25(30)26(31,21-9-4-2-5-10-21)22-11-6-3-7-12-22/h2,4-5,9-10,14,16,20,22,24,31H,3,6-8,11-13,15,17-19H2,1H3/q+1/t24?,26?,29-/m1/s1. The average molecular weight is 439 g/mol. The summed E-state index contributed by atoms with van der Waals surface area (Å²) in [6.45, 7) is 2.37. The van der Waals surface area contributed by atoms with Crippen LogP contribution in [0, 0.1) is 5.92 Å². The number of hydrogen-bond donors (Lipinski definition) is 1. The minimum absolute atomic E-state index is 0.0895. The Kier molecular flexibility index (Phi) is 7.21. The van der Waals surface area contributed by atoms with E-state index in [1.165, 1.54) is 6.42 Å². The number of esters is 1. The van der Waals surface area contributed by atoms with Crippen LogP contribution in [-0.4, -0.2) is 58.3 Å². The lowest BCUT2D eigenvalue weighted by molar-refractivity contribution is -0.921. The minimum atomic E-state index is -1.56. The van der Waals surface area contributed by atoms with Crippen LogP contribution < -0.4 is 0 Å². The predicted octanol–water partition coefficient (Wildman–Crippen LogP) is 3.64. The third-order valence-corrected chi connectivity index (χ3v) is 7.74. The van der Waals surface area contributed by atoms with Crippen molar-refractivity contribution >= 4 is 5.97 Å². The molecule has 2 aromatic rings. The molecule has 1 saturated heterocycles. The maximum atomic E-state index is 13.4. The number of nitrogens with zero attached hydrogens (tertiary/aromatic N) is 3. The number of hydrogen-bond acceptors (Lipinski definition) is 5. The summed E-state index contributed by atoms with van der Waals surface area (Å²) in [5, 5.41) is 11.7. The van der Waals surface area contributed by atoms with Crippen molar-refractivity contribution < 1.29 is 19.1 Å². The Balaban J connectivity index is 1.44. The summed E-state index contributed by atoms with van der Waals surface area (Å²) in [6, 6.07) is 11.6. The fourth-order valence-corrected chi connectivity index (χ4v) is 5.59. The molecule has 3 atom stereocenters. The quantitative estimate of drug-likeness (QED) is 0.503. The molecule has 4 rings (SSSR count). The molecule has 1 saturated carbocycles. The Morgan fingerprint density at radius 3 is 2.62 bits per heavy atom. The van der Waals surface area contributed by atoms with Crippen LogP contribution in [0.1, 0.15) is 56.2 Å². The molecule has 6 nitrogen and oxygen atoms in total. The van der Waals surface area contributed by atoms with Crippen LogP contribution in [0.15, 0.2) is 48.9 Å². The second-order valence-corrected chi connectivity index (χ2v) is 9.74. The fourth-order valence-electron chi connectivity index (χ4n) is 5.59. The van der Waals surface area contributed by atoms with Gasteiger partial charge in [-0.05, 0) is 24.5 Å². The van der Waals surface area contributed by atoms with E-state index >= 15 is 0 Å². The third-order valence-electron chi connectivity index (χ3n) is 7.74. The Morgan fingerprint density at radius 1 is 1.12 bits per heavy atom. The SMILES string of the molecule is C[N@+]1(CCc2ccncn2)CCCC1COC(=O)C(O)(c1ccccc1)C1CCCCC1. The van der Waals surface area contributed by atoms with E-state index in [-0.39, 0.29) is 12.0 Å². The van der Waals surface area contributed by atoms with Gasteiger partial charge in [-0.1, -0.05) is 49.6 Å². The van der Waals surface area contributed by atoms with Gasteiger partial charge in [-0.15, -0.1) is 0 Å². The highest BCUT2D eigenvalue weighted by Gasteiger charge is 2.48. The first-order chi connectivity index (χ1) is 15.5. The summed E-state index contributed by atoms with van der Waals surface area (Å²) in [4.78, 5) is 21.8. The van der Waals surface area contributed by atoms with Crippen LogP contribution >= 0.6 is 0 Å². The number of benzene rings is 1. The van der Waals surface area contributed by atoms with Crippen molar-refractivity contribution in [2.45, 2.75) is 63.0 Å². The summed E-state index contributed by atoms with van der Waals surface area (Å²) in [5.41, 5.74) is 0.132. The van der Waals surface area contributed by atoms with Crippen LogP contribution in [0.25, 0.3) is 0 Å². The lowest BCUT2D eigenvalue weighted by Gasteiger charge is -2.39. The van der Waals surface area contributed by atoms with Gasteiger partial charge in [-0.3, -0.25) is 0 Å². The molecule has 2 aliphatic rings. The maximum absolute atomic E-state index is 13.4. The van der Waals surface area contributed by atoms with E-state index in [1.54, 1.807) is 12.5 Å². The maximum Gasteiger partial charge on any atom is 0.343 e. The first kappa shape index (κ1) is 22.9. The van der Waals surface area contributed by atoms with E-state index in [0.29, 0.717) is 12.2 Å². The Morgan fingerprint density at radius 2 is 1.91 bits per heavy atom. The molecule has 1 aliphatic carbocycles. The van der Waals surface area contributed by atoms with Gasteiger partial charge < -0.3 is 14.3 Å². The Bertz CT molecular complexity index is 872. The Labute approximate surface area is 191 Å². The summed E-state index contributed by atoms with van der Waals surface area (Å²) in [7, 11) is 2.25. The molecule has 1 aromatic heterocycles. The molecule has 0 bridgehead atoms. The van der Waals surface area contributed by atoms with Gasteiger partial charge in [0, 0.05) is 37.1 Å². The molecule has 172 valence electrons. The topological polar surface area (TPSA) is 72.3 Å². The third kappa shape index (κ3) is 4.86. The highest BCUT2D eigenvalue weighted by molar-refractivity contribution is 5.81. The number of likely N-dealkylation sites (N-methyl/N-ethyl adjacent to an activating group) is 1. The van der Waals surface area contributed by atoms with Gasteiger partial charge in [0.1, 0.15) is 19.0 Å². The minimum Gasteiger partial charge on any atom is -0.457 e. The van der Waals surface area contributed by atoms with Crippen molar-refractivity contribution in [3.8, 4) is 0 Å². The van der Waals surface area contributed by atoms with Gasteiger partial charge in [0.25, 0.3) is 0 Å². The molecule has 6 heteroatoms. The van der Waals surface area contributed by atoms with Gasteiger partial charge in [-0.2, -0.15) is 0 Å². The van der Waals surface area contributed by atoms with Gasteiger partial charge in [0.15, 0.2) is 5.60 Å². The number of quaternary nitrogens is 1. The van der Waals surface area contributed by atoms with Crippen molar-refractivity contribution in [3.05, 3.63) is 60.2 Å². The predicted molar refractivity (Wildman–Crippen MR) is 123 cm³/mol. The number of aromatic nitrogens is 2. The van der Waals surface area contributed by atoms with Crippen molar-refractivity contribution in [1.82, 2.24) is 9.97 Å². The van der Waals surface area contributed by atoms with Crippen LogP contribution in [0.4, 0.5) is 0 Å². The lowest BCUT2D eigenvalue weighted by atomic mass is 9.73. The number of carbonyl (C=O) groups is 1. The van der Waals surface area contributed by atoms with E-state index in [4.69, 9.17) is 4.74 Å². The van der Waals surface area contributed by atoms with Crippen LogP contribution in [-0.2, 0) is 21.6 Å². The zero-order valence-electron chi connectivity index (χ0n) is 19.2. The molecular formula is C26H36N3O3+. The van der Waals surface area contributed by atoms with Crippen molar-refractivity contribution in [2.24, 2.45) is 5.92 Å². The fraction of sp³-hybridized carbons (Fsp3) is 0.577. The van der Waals surface area contributed by atoms with Crippen molar-refractivity contribution in [2.75, 3.05) is 26.7 Å².